The quantitative estimate of drug-likeness (QED) is 0.337. The van der Waals surface area contributed by atoms with Crippen LogP contribution in [0.15, 0.2) is 76.3 Å². The number of para-hydroxylation sites is 1. The molecule has 1 fully saturated rings. The predicted octanol–water partition coefficient (Wildman–Crippen LogP) is 4.89. The molecule has 4 rings (SSSR count). The Morgan fingerprint density at radius 1 is 0.976 bits per heavy atom. The Morgan fingerprint density at radius 2 is 1.62 bits per heavy atom. The number of anilines is 2. The van der Waals surface area contributed by atoms with Gasteiger partial charge in [-0.3, -0.25) is 4.31 Å². The standard InChI is InChI=1S/C28H34F3N3O5S3/c1-21(2)20-41(36,37)34(24-8-5-4-6-9-24)19-25-18-32(42(38,39)26-10-7-17-40-26)15-16-33(25)23-13-11-22(12-14-23)27(3,35)28(29,30)31/h4-14,17,21,25,35H,15-16,18-20H2,1-3H3. The minimum Gasteiger partial charge on any atom is -0.376 e. The van der Waals surface area contributed by atoms with E-state index < -0.39 is 37.9 Å². The molecule has 0 radical (unpaired) electrons. The predicted molar refractivity (Wildman–Crippen MR) is 159 cm³/mol. The molecule has 2 heterocycles. The second kappa shape index (κ2) is 12.2. The normalized spacial score (nSPS) is 18.7. The minimum atomic E-state index is -4.89. The lowest BCUT2D eigenvalue weighted by Gasteiger charge is -2.44. The summed E-state index contributed by atoms with van der Waals surface area (Å²) in [6.07, 6.45) is -4.89. The Morgan fingerprint density at radius 3 is 2.17 bits per heavy atom. The molecule has 8 nitrogen and oxygen atoms in total. The first-order chi connectivity index (χ1) is 19.5. The molecule has 2 unspecified atom stereocenters. The molecule has 14 heteroatoms. The smallest absolute Gasteiger partial charge is 0.376 e. The van der Waals surface area contributed by atoms with Crippen LogP contribution in [0.2, 0.25) is 0 Å². The van der Waals surface area contributed by atoms with Gasteiger partial charge in [-0.05, 0) is 54.1 Å². The highest BCUT2D eigenvalue weighted by Gasteiger charge is 2.51. The lowest BCUT2D eigenvalue weighted by atomic mass is 9.95. The molecule has 0 aliphatic carbocycles. The van der Waals surface area contributed by atoms with E-state index in [-0.39, 0.29) is 47.6 Å². The van der Waals surface area contributed by atoms with Gasteiger partial charge in [-0.1, -0.05) is 50.2 Å². The number of sulfonamides is 2. The molecule has 1 N–H and O–H groups in total. The van der Waals surface area contributed by atoms with E-state index in [2.05, 4.69) is 0 Å². The number of halogens is 3. The molecule has 0 spiro atoms. The molecule has 0 amide bonds. The molecule has 2 aromatic carbocycles. The Bertz CT molecular complexity index is 1550. The number of alkyl halides is 3. The number of aliphatic hydroxyl groups is 1. The molecule has 1 aromatic heterocycles. The van der Waals surface area contributed by atoms with Gasteiger partial charge in [0.05, 0.1) is 24.0 Å². The summed E-state index contributed by atoms with van der Waals surface area (Å²) in [5.74, 6) is -0.305. The number of nitrogens with zero attached hydrogens (tertiary/aromatic N) is 3. The van der Waals surface area contributed by atoms with Gasteiger partial charge in [0.1, 0.15) is 4.21 Å². The third kappa shape index (κ3) is 6.77. The van der Waals surface area contributed by atoms with E-state index >= 15 is 0 Å². The van der Waals surface area contributed by atoms with Crippen LogP contribution >= 0.6 is 11.3 Å². The second-order valence-electron chi connectivity index (χ2n) is 10.8. The molecule has 42 heavy (non-hydrogen) atoms. The van der Waals surface area contributed by atoms with Crippen molar-refractivity contribution in [3.05, 3.63) is 77.7 Å². The first-order valence-corrected chi connectivity index (χ1v) is 17.2. The van der Waals surface area contributed by atoms with Crippen LogP contribution in [-0.2, 0) is 25.6 Å². The monoisotopic (exact) mass is 645 g/mol. The van der Waals surface area contributed by atoms with Crippen molar-refractivity contribution in [1.82, 2.24) is 4.31 Å². The summed E-state index contributed by atoms with van der Waals surface area (Å²) in [6.45, 7) is 4.36. The molecule has 2 atom stereocenters. The van der Waals surface area contributed by atoms with Crippen molar-refractivity contribution in [3.8, 4) is 0 Å². The Balaban J connectivity index is 1.74. The van der Waals surface area contributed by atoms with Crippen LogP contribution in [0.3, 0.4) is 0 Å². The number of benzene rings is 2. The SMILES string of the molecule is CC(C)CS(=O)(=O)N(CC1CN(S(=O)(=O)c2cccs2)CCN1c1ccc(C(C)(O)C(F)(F)F)cc1)c1ccccc1. The van der Waals surface area contributed by atoms with Gasteiger partial charge < -0.3 is 10.0 Å². The molecule has 3 aromatic rings. The number of piperazine rings is 1. The highest BCUT2D eigenvalue weighted by Crippen LogP contribution is 2.39. The zero-order valence-electron chi connectivity index (χ0n) is 23.4. The molecule has 0 saturated carbocycles. The van der Waals surface area contributed by atoms with Crippen molar-refractivity contribution in [3.63, 3.8) is 0 Å². The number of hydrogen-bond acceptors (Lipinski definition) is 7. The van der Waals surface area contributed by atoms with E-state index in [0.29, 0.717) is 18.3 Å². The van der Waals surface area contributed by atoms with E-state index in [1.54, 1.807) is 55.6 Å². The van der Waals surface area contributed by atoms with Crippen LogP contribution < -0.4 is 9.21 Å². The van der Waals surface area contributed by atoms with Gasteiger partial charge in [0, 0.05) is 25.3 Å². The Hall–Kier alpha value is -2.65. The van der Waals surface area contributed by atoms with Crippen LogP contribution in [0.25, 0.3) is 0 Å². The van der Waals surface area contributed by atoms with Crippen molar-refractivity contribution in [1.29, 1.82) is 0 Å². The van der Waals surface area contributed by atoms with Crippen LogP contribution in [0.4, 0.5) is 24.5 Å². The van der Waals surface area contributed by atoms with Gasteiger partial charge in [-0.25, -0.2) is 16.8 Å². The molecular formula is C28H34F3N3O5S3. The topological polar surface area (TPSA) is 98.2 Å². The maximum atomic E-state index is 13.6. The molecule has 1 aliphatic heterocycles. The molecular weight excluding hydrogens is 612 g/mol. The summed E-state index contributed by atoms with van der Waals surface area (Å²) >= 11 is 1.08. The van der Waals surface area contributed by atoms with Crippen molar-refractivity contribution in [2.24, 2.45) is 5.92 Å². The average Bonchev–Trinajstić information content (AvgIpc) is 3.47. The lowest BCUT2D eigenvalue weighted by Crippen LogP contribution is -2.59. The van der Waals surface area contributed by atoms with Crippen LogP contribution in [-0.4, -0.2) is 70.4 Å². The third-order valence-electron chi connectivity index (χ3n) is 7.15. The highest BCUT2D eigenvalue weighted by molar-refractivity contribution is 7.92. The average molecular weight is 646 g/mol. The van der Waals surface area contributed by atoms with Crippen molar-refractivity contribution in [2.75, 3.05) is 41.1 Å². The molecule has 1 aliphatic rings. The summed E-state index contributed by atoms with van der Waals surface area (Å²) in [5, 5.41) is 11.8. The summed E-state index contributed by atoms with van der Waals surface area (Å²) in [5.41, 5.74) is -2.51. The number of thiophene rings is 1. The van der Waals surface area contributed by atoms with Crippen molar-refractivity contribution >= 4 is 42.8 Å². The fourth-order valence-electron chi connectivity index (χ4n) is 4.90. The largest absolute Gasteiger partial charge is 0.421 e. The maximum absolute atomic E-state index is 13.6. The first-order valence-electron chi connectivity index (χ1n) is 13.3. The van der Waals surface area contributed by atoms with E-state index in [1.807, 2.05) is 4.90 Å². The lowest BCUT2D eigenvalue weighted by molar-refractivity contribution is -0.258. The van der Waals surface area contributed by atoms with Gasteiger partial charge in [-0.2, -0.15) is 17.5 Å². The van der Waals surface area contributed by atoms with Gasteiger partial charge >= 0.3 is 6.18 Å². The zero-order valence-corrected chi connectivity index (χ0v) is 25.8. The fourth-order valence-corrected chi connectivity index (χ4v) is 9.37. The second-order valence-corrected chi connectivity index (χ2v) is 15.8. The van der Waals surface area contributed by atoms with Crippen molar-refractivity contribution in [2.45, 2.75) is 42.8 Å². The Kier molecular flexibility index (Phi) is 9.34. The summed E-state index contributed by atoms with van der Waals surface area (Å²) < 4.78 is 97.2. The van der Waals surface area contributed by atoms with Gasteiger partial charge in [0.25, 0.3) is 10.0 Å². The van der Waals surface area contributed by atoms with E-state index in [0.717, 1.165) is 11.3 Å². The van der Waals surface area contributed by atoms with E-state index in [1.165, 1.54) is 38.9 Å². The summed E-state index contributed by atoms with van der Waals surface area (Å²) in [7, 11) is -7.69. The van der Waals surface area contributed by atoms with Crippen LogP contribution in [0.5, 0.6) is 0 Å². The van der Waals surface area contributed by atoms with Crippen LogP contribution in [0, 0.1) is 5.92 Å². The number of hydrogen-bond donors (Lipinski definition) is 1. The fraction of sp³-hybridized carbons (Fsp3) is 0.429. The minimum absolute atomic E-state index is 0.0528. The highest BCUT2D eigenvalue weighted by atomic mass is 32.2. The van der Waals surface area contributed by atoms with Crippen LogP contribution in [0.1, 0.15) is 26.3 Å². The summed E-state index contributed by atoms with van der Waals surface area (Å²) in [6, 6.07) is 16.2. The van der Waals surface area contributed by atoms with E-state index in [4.69, 9.17) is 0 Å². The number of rotatable bonds is 10. The molecule has 0 bridgehead atoms. The van der Waals surface area contributed by atoms with Gasteiger partial charge in [0.2, 0.25) is 10.0 Å². The van der Waals surface area contributed by atoms with Crippen molar-refractivity contribution < 1.29 is 35.1 Å². The maximum Gasteiger partial charge on any atom is 0.421 e. The molecule has 1 saturated heterocycles. The Labute approximate surface area is 249 Å². The van der Waals surface area contributed by atoms with Gasteiger partial charge in [0.15, 0.2) is 5.60 Å². The molecule has 230 valence electrons. The summed E-state index contributed by atoms with van der Waals surface area (Å²) in [4.78, 5) is 1.81. The van der Waals surface area contributed by atoms with Gasteiger partial charge in [-0.15, -0.1) is 11.3 Å². The zero-order chi connectivity index (χ0) is 30.9. The first kappa shape index (κ1) is 32.3. The third-order valence-corrected chi connectivity index (χ3v) is 12.5. The van der Waals surface area contributed by atoms with E-state index in [9.17, 15) is 35.1 Å².